The number of amides is 1. The molecule has 0 aliphatic carbocycles. The quantitative estimate of drug-likeness (QED) is 0.799. The molecular formula is C16H23N5O. The van der Waals surface area contributed by atoms with Crippen LogP contribution >= 0.6 is 0 Å². The molecule has 1 amide bonds. The van der Waals surface area contributed by atoms with E-state index in [0.717, 1.165) is 17.8 Å². The van der Waals surface area contributed by atoms with Crippen molar-refractivity contribution in [2.75, 3.05) is 32.1 Å². The first kappa shape index (κ1) is 16.0. The molecule has 118 valence electrons. The number of benzene rings is 1. The van der Waals surface area contributed by atoms with Crippen LogP contribution in [-0.2, 0) is 11.8 Å². The number of likely N-dealkylation sites (N-methyl/N-ethyl adjacent to an activating group) is 2. The summed E-state index contributed by atoms with van der Waals surface area (Å²) in [5.41, 5.74) is 1.99. The van der Waals surface area contributed by atoms with Gasteiger partial charge < -0.3 is 15.5 Å². The molecule has 0 fully saturated rings. The van der Waals surface area contributed by atoms with Crippen molar-refractivity contribution in [1.82, 2.24) is 20.4 Å². The lowest BCUT2D eigenvalue weighted by atomic mass is 10.1. The van der Waals surface area contributed by atoms with Gasteiger partial charge in [-0.3, -0.25) is 9.48 Å². The molecule has 1 aromatic carbocycles. The van der Waals surface area contributed by atoms with Gasteiger partial charge in [-0.15, -0.1) is 0 Å². The summed E-state index contributed by atoms with van der Waals surface area (Å²) < 4.78 is 1.69. The number of nitrogens with one attached hydrogen (secondary N) is 2. The van der Waals surface area contributed by atoms with E-state index in [4.69, 9.17) is 0 Å². The first-order valence-corrected chi connectivity index (χ1v) is 7.31. The zero-order valence-corrected chi connectivity index (χ0v) is 13.3. The van der Waals surface area contributed by atoms with Gasteiger partial charge in [0.25, 0.3) is 0 Å². The third kappa shape index (κ3) is 4.08. The first-order chi connectivity index (χ1) is 10.6. The molecule has 1 aromatic heterocycles. The third-order valence-corrected chi connectivity index (χ3v) is 3.55. The number of aryl methyl sites for hydroxylation is 1. The summed E-state index contributed by atoms with van der Waals surface area (Å²) in [5.74, 6) is -0.0445. The van der Waals surface area contributed by atoms with Crippen molar-refractivity contribution >= 4 is 11.6 Å². The highest BCUT2D eigenvalue weighted by atomic mass is 16.2. The molecule has 0 saturated carbocycles. The summed E-state index contributed by atoms with van der Waals surface area (Å²) >= 11 is 0. The van der Waals surface area contributed by atoms with Gasteiger partial charge in [-0.1, -0.05) is 18.2 Å². The monoisotopic (exact) mass is 301 g/mol. The maximum Gasteiger partial charge on any atom is 0.241 e. The van der Waals surface area contributed by atoms with Gasteiger partial charge in [-0.2, -0.15) is 5.10 Å². The number of nitrogens with zero attached hydrogens (tertiary/aromatic N) is 3. The SMILES string of the molecule is CNC(C(=O)NCCN(C)c1ccccc1)c1cnn(C)c1. The standard InChI is InChI=1S/C16H23N5O/c1-17-15(13-11-19-21(3)12-13)16(22)18-9-10-20(2)14-7-5-4-6-8-14/h4-8,11-12,15,17H,9-10H2,1-3H3,(H,18,22). The van der Waals surface area contributed by atoms with Gasteiger partial charge in [0.15, 0.2) is 0 Å². The fraction of sp³-hybridized carbons (Fsp3) is 0.375. The Morgan fingerprint density at radius 1 is 1.36 bits per heavy atom. The maximum atomic E-state index is 12.3. The molecule has 1 atom stereocenters. The second-order valence-corrected chi connectivity index (χ2v) is 5.22. The predicted molar refractivity (Wildman–Crippen MR) is 87.7 cm³/mol. The van der Waals surface area contributed by atoms with Gasteiger partial charge in [0, 0.05) is 44.6 Å². The topological polar surface area (TPSA) is 62.2 Å². The average Bonchev–Trinajstić information content (AvgIpc) is 2.95. The lowest BCUT2D eigenvalue weighted by Gasteiger charge is -2.20. The summed E-state index contributed by atoms with van der Waals surface area (Å²) in [6.45, 7) is 1.34. The number of hydrogen-bond donors (Lipinski definition) is 2. The number of anilines is 1. The Morgan fingerprint density at radius 2 is 2.09 bits per heavy atom. The molecule has 0 bridgehead atoms. The average molecular weight is 301 g/mol. The van der Waals surface area contributed by atoms with E-state index >= 15 is 0 Å². The molecule has 0 aliphatic rings. The van der Waals surface area contributed by atoms with Crippen LogP contribution in [0.1, 0.15) is 11.6 Å². The van der Waals surface area contributed by atoms with Crippen LogP contribution in [0, 0.1) is 0 Å². The number of carbonyl (C=O) groups is 1. The van der Waals surface area contributed by atoms with Gasteiger partial charge in [0.2, 0.25) is 5.91 Å². The van der Waals surface area contributed by atoms with Crippen LogP contribution in [0.15, 0.2) is 42.7 Å². The number of hydrogen-bond acceptors (Lipinski definition) is 4. The molecule has 2 aromatic rings. The predicted octanol–water partition coefficient (Wildman–Crippen LogP) is 0.933. The van der Waals surface area contributed by atoms with Crippen LogP contribution in [0.2, 0.25) is 0 Å². The van der Waals surface area contributed by atoms with Gasteiger partial charge in [-0.25, -0.2) is 0 Å². The Bertz CT molecular complexity index is 596. The molecular weight excluding hydrogens is 278 g/mol. The Kier molecular flexibility index (Phi) is 5.55. The molecule has 1 heterocycles. The van der Waals surface area contributed by atoms with Crippen LogP contribution in [0.3, 0.4) is 0 Å². The van der Waals surface area contributed by atoms with Gasteiger partial charge in [0.05, 0.1) is 6.20 Å². The molecule has 1 unspecified atom stereocenters. The smallest absolute Gasteiger partial charge is 0.241 e. The van der Waals surface area contributed by atoms with E-state index in [-0.39, 0.29) is 11.9 Å². The van der Waals surface area contributed by atoms with Crippen molar-refractivity contribution in [3.63, 3.8) is 0 Å². The highest BCUT2D eigenvalue weighted by Gasteiger charge is 2.19. The van der Waals surface area contributed by atoms with Crippen LogP contribution in [0.5, 0.6) is 0 Å². The van der Waals surface area contributed by atoms with Crippen molar-refractivity contribution in [2.45, 2.75) is 6.04 Å². The van der Waals surface area contributed by atoms with E-state index in [1.807, 2.05) is 50.6 Å². The Hall–Kier alpha value is -2.34. The van der Waals surface area contributed by atoms with Gasteiger partial charge in [-0.05, 0) is 19.2 Å². The van der Waals surface area contributed by atoms with E-state index in [0.29, 0.717) is 6.54 Å². The second-order valence-electron chi connectivity index (χ2n) is 5.22. The fourth-order valence-electron chi connectivity index (χ4n) is 2.30. The summed E-state index contributed by atoms with van der Waals surface area (Å²) in [5, 5.41) is 10.1. The zero-order chi connectivity index (χ0) is 15.9. The molecule has 2 rings (SSSR count). The molecule has 0 saturated heterocycles. The fourth-order valence-corrected chi connectivity index (χ4v) is 2.30. The van der Waals surface area contributed by atoms with E-state index < -0.39 is 0 Å². The zero-order valence-electron chi connectivity index (χ0n) is 13.3. The first-order valence-electron chi connectivity index (χ1n) is 7.31. The lowest BCUT2D eigenvalue weighted by Crippen LogP contribution is -2.39. The molecule has 22 heavy (non-hydrogen) atoms. The Morgan fingerprint density at radius 3 is 2.68 bits per heavy atom. The van der Waals surface area contributed by atoms with Crippen molar-refractivity contribution in [2.24, 2.45) is 7.05 Å². The van der Waals surface area contributed by atoms with Crippen LogP contribution in [-0.4, -0.2) is 42.9 Å². The van der Waals surface area contributed by atoms with Crippen molar-refractivity contribution in [1.29, 1.82) is 0 Å². The summed E-state index contributed by atoms with van der Waals surface area (Å²) in [4.78, 5) is 14.4. The van der Waals surface area contributed by atoms with Gasteiger partial charge in [0.1, 0.15) is 6.04 Å². The molecule has 2 N–H and O–H groups in total. The summed E-state index contributed by atoms with van der Waals surface area (Å²) in [7, 11) is 5.62. The molecule has 6 heteroatoms. The largest absolute Gasteiger partial charge is 0.373 e. The second kappa shape index (κ2) is 7.61. The highest BCUT2D eigenvalue weighted by Crippen LogP contribution is 2.12. The summed E-state index contributed by atoms with van der Waals surface area (Å²) in [6.07, 6.45) is 3.55. The van der Waals surface area contributed by atoms with Crippen LogP contribution < -0.4 is 15.5 Å². The number of aromatic nitrogens is 2. The van der Waals surface area contributed by atoms with Crippen LogP contribution in [0.25, 0.3) is 0 Å². The van der Waals surface area contributed by atoms with Crippen molar-refractivity contribution in [3.05, 3.63) is 48.3 Å². The molecule has 0 spiro atoms. The maximum absolute atomic E-state index is 12.3. The van der Waals surface area contributed by atoms with E-state index in [1.165, 1.54) is 0 Å². The number of rotatable bonds is 7. The minimum Gasteiger partial charge on any atom is -0.373 e. The van der Waals surface area contributed by atoms with Crippen LogP contribution in [0.4, 0.5) is 5.69 Å². The third-order valence-electron chi connectivity index (χ3n) is 3.55. The molecule has 0 radical (unpaired) electrons. The Balaban J connectivity index is 1.84. The number of para-hydroxylation sites is 1. The highest BCUT2D eigenvalue weighted by molar-refractivity contribution is 5.83. The molecule has 0 aliphatic heterocycles. The minimum atomic E-state index is -0.379. The van der Waals surface area contributed by atoms with Gasteiger partial charge >= 0.3 is 0 Å². The van der Waals surface area contributed by atoms with Crippen molar-refractivity contribution in [3.8, 4) is 0 Å². The van der Waals surface area contributed by atoms with E-state index in [2.05, 4.69) is 20.6 Å². The summed E-state index contributed by atoms with van der Waals surface area (Å²) in [6, 6.07) is 9.72. The van der Waals surface area contributed by atoms with E-state index in [9.17, 15) is 4.79 Å². The van der Waals surface area contributed by atoms with E-state index in [1.54, 1.807) is 17.9 Å². The van der Waals surface area contributed by atoms with Crippen molar-refractivity contribution < 1.29 is 4.79 Å². The molecule has 6 nitrogen and oxygen atoms in total. The normalized spacial score (nSPS) is 12.0. The lowest BCUT2D eigenvalue weighted by molar-refractivity contribution is -0.123. The number of carbonyl (C=O) groups excluding carboxylic acids is 1. The Labute approximate surface area is 131 Å². The minimum absolute atomic E-state index is 0.0445.